The summed E-state index contributed by atoms with van der Waals surface area (Å²) in [5.74, 6) is -0.0192. The largest absolute Gasteiger partial charge is 0.388 e. The first-order valence-corrected chi connectivity index (χ1v) is 8.18. The number of piperidine rings is 1. The number of aliphatic hydroxyl groups is 1. The van der Waals surface area contributed by atoms with Crippen LogP contribution in [-0.2, 0) is 13.6 Å². The van der Waals surface area contributed by atoms with E-state index < -0.39 is 6.10 Å². The Balaban J connectivity index is 1.55. The van der Waals surface area contributed by atoms with Gasteiger partial charge >= 0.3 is 0 Å². The van der Waals surface area contributed by atoms with E-state index in [-0.39, 0.29) is 11.7 Å². The van der Waals surface area contributed by atoms with E-state index in [9.17, 15) is 9.50 Å². The van der Waals surface area contributed by atoms with Gasteiger partial charge in [0.05, 0.1) is 11.8 Å². The van der Waals surface area contributed by atoms with Crippen molar-refractivity contribution in [3.05, 3.63) is 53.1 Å². The van der Waals surface area contributed by atoms with Crippen molar-refractivity contribution in [3.8, 4) is 0 Å². The number of aromatic nitrogens is 2. The molecule has 0 aliphatic carbocycles. The van der Waals surface area contributed by atoms with E-state index in [0.717, 1.165) is 43.7 Å². The first-order valence-electron chi connectivity index (χ1n) is 8.18. The molecule has 1 aliphatic rings. The van der Waals surface area contributed by atoms with Gasteiger partial charge in [0.1, 0.15) is 5.82 Å². The van der Waals surface area contributed by atoms with Gasteiger partial charge in [-0.15, -0.1) is 0 Å². The monoisotopic (exact) mass is 317 g/mol. The molecule has 23 heavy (non-hydrogen) atoms. The van der Waals surface area contributed by atoms with Crippen LogP contribution in [0.1, 0.15) is 35.8 Å². The molecule has 0 amide bonds. The lowest BCUT2D eigenvalue weighted by Gasteiger charge is -2.34. The molecule has 1 fully saturated rings. The minimum atomic E-state index is -0.502. The van der Waals surface area contributed by atoms with Crippen molar-refractivity contribution in [2.24, 2.45) is 13.0 Å². The zero-order chi connectivity index (χ0) is 16.4. The molecule has 1 saturated heterocycles. The lowest BCUT2D eigenvalue weighted by Crippen LogP contribution is -2.35. The van der Waals surface area contributed by atoms with Gasteiger partial charge in [0.2, 0.25) is 0 Å². The fourth-order valence-corrected chi connectivity index (χ4v) is 3.40. The smallest absolute Gasteiger partial charge is 0.123 e. The Morgan fingerprint density at radius 1 is 1.26 bits per heavy atom. The Kier molecular flexibility index (Phi) is 4.78. The van der Waals surface area contributed by atoms with E-state index in [1.807, 2.05) is 18.7 Å². The standard InChI is InChI=1S/C18H24FN3O/c1-13-16(11-21(2)20-13)12-22-9-7-15(8-10-22)18(23)14-3-5-17(19)6-4-14/h3-6,11,15,18,23H,7-10,12H2,1-2H3. The Morgan fingerprint density at radius 3 is 2.48 bits per heavy atom. The van der Waals surface area contributed by atoms with Crippen molar-refractivity contribution in [3.63, 3.8) is 0 Å². The van der Waals surface area contributed by atoms with Gasteiger partial charge in [-0.1, -0.05) is 12.1 Å². The third kappa shape index (κ3) is 3.79. The second kappa shape index (κ2) is 6.81. The van der Waals surface area contributed by atoms with Gasteiger partial charge in [0, 0.05) is 25.4 Å². The molecule has 1 aromatic carbocycles. The molecule has 0 saturated carbocycles. The van der Waals surface area contributed by atoms with Crippen LogP contribution >= 0.6 is 0 Å². The number of hydrogen-bond acceptors (Lipinski definition) is 3. The molecular weight excluding hydrogens is 293 g/mol. The van der Waals surface area contributed by atoms with E-state index in [0.29, 0.717) is 0 Å². The predicted molar refractivity (Wildman–Crippen MR) is 87.3 cm³/mol. The first-order chi connectivity index (χ1) is 11.0. The van der Waals surface area contributed by atoms with Gasteiger partial charge in [-0.05, 0) is 56.5 Å². The quantitative estimate of drug-likeness (QED) is 0.943. The number of aliphatic hydroxyl groups excluding tert-OH is 1. The van der Waals surface area contributed by atoms with Gasteiger partial charge < -0.3 is 5.11 Å². The molecule has 5 heteroatoms. The highest BCUT2D eigenvalue weighted by Gasteiger charge is 2.26. The molecule has 1 aromatic heterocycles. The molecule has 0 spiro atoms. The summed E-state index contributed by atoms with van der Waals surface area (Å²) >= 11 is 0. The lowest BCUT2D eigenvalue weighted by atomic mass is 9.87. The zero-order valence-corrected chi connectivity index (χ0v) is 13.7. The first kappa shape index (κ1) is 16.1. The minimum Gasteiger partial charge on any atom is -0.388 e. The van der Waals surface area contributed by atoms with Crippen molar-refractivity contribution in [2.45, 2.75) is 32.4 Å². The molecule has 0 bridgehead atoms. The molecular formula is C18H24FN3O. The Labute approximate surface area is 136 Å². The summed E-state index contributed by atoms with van der Waals surface area (Å²) in [5.41, 5.74) is 3.17. The van der Waals surface area contributed by atoms with Gasteiger partial charge in [0.25, 0.3) is 0 Å². The number of benzene rings is 1. The SMILES string of the molecule is Cc1nn(C)cc1CN1CCC(C(O)c2ccc(F)cc2)CC1. The minimum absolute atomic E-state index is 0.242. The fourth-order valence-electron chi connectivity index (χ4n) is 3.40. The van der Waals surface area contributed by atoms with E-state index in [1.54, 1.807) is 12.1 Å². The van der Waals surface area contributed by atoms with Crippen molar-refractivity contribution in [1.82, 2.24) is 14.7 Å². The van der Waals surface area contributed by atoms with E-state index in [1.165, 1.54) is 17.7 Å². The maximum Gasteiger partial charge on any atom is 0.123 e. The summed E-state index contributed by atoms with van der Waals surface area (Å²) in [6.45, 7) is 4.90. The Hall–Kier alpha value is -1.72. The van der Waals surface area contributed by atoms with Crippen LogP contribution in [0.15, 0.2) is 30.5 Å². The van der Waals surface area contributed by atoms with E-state index in [4.69, 9.17) is 0 Å². The highest BCUT2D eigenvalue weighted by Crippen LogP contribution is 2.31. The summed E-state index contributed by atoms with van der Waals surface area (Å²) in [5, 5.41) is 14.9. The van der Waals surface area contributed by atoms with Crippen molar-refractivity contribution >= 4 is 0 Å². The van der Waals surface area contributed by atoms with Gasteiger partial charge in [-0.2, -0.15) is 5.10 Å². The van der Waals surface area contributed by atoms with Crippen molar-refractivity contribution in [2.75, 3.05) is 13.1 Å². The van der Waals surface area contributed by atoms with E-state index >= 15 is 0 Å². The predicted octanol–water partition coefficient (Wildman–Crippen LogP) is 2.81. The average molecular weight is 317 g/mol. The van der Waals surface area contributed by atoms with Gasteiger partial charge in [-0.25, -0.2) is 4.39 Å². The number of halogens is 1. The van der Waals surface area contributed by atoms with Crippen LogP contribution in [-0.4, -0.2) is 32.9 Å². The lowest BCUT2D eigenvalue weighted by molar-refractivity contribution is 0.0567. The normalized spacial score (nSPS) is 18.3. The number of rotatable bonds is 4. The second-order valence-electron chi connectivity index (χ2n) is 6.52. The third-order valence-electron chi connectivity index (χ3n) is 4.80. The van der Waals surface area contributed by atoms with Crippen LogP contribution in [0, 0.1) is 18.7 Å². The van der Waals surface area contributed by atoms with Crippen LogP contribution in [0.25, 0.3) is 0 Å². The van der Waals surface area contributed by atoms with Gasteiger partial charge in [0.15, 0.2) is 0 Å². The molecule has 1 N–H and O–H groups in total. The summed E-state index contributed by atoms with van der Waals surface area (Å²) in [6, 6.07) is 6.20. The average Bonchev–Trinajstić information content (AvgIpc) is 2.86. The fraction of sp³-hybridized carbons (Fsp3) is 0.500. The molecule has 3 rings (SSSR count). The van der Waals surface area contributed by atoms with Gasteiger partial charge in [-0.3, -0.25) is 9.58 Å². The maximum atomic E-state index is 13.0. The third-order valence-corrected chi connectivity index (χ3v) is 4.80. The topological polar surface area (TPSA) is 41.3 Å². The number of likely N-dealkylation sites (tertiary alicyclic amines) is 1. The summed E-state index contributed by atoms with van der Waals surface area (Å²) in [7, 11) is 1.95. The van der Waals surface area contributed by atoms with Crippen molar-refractivity contribution < 1.29 is 9.50 Å². The molecule has 2 heterocycles. The highest BCUT2D eigenvalue weighted by atomic mass is 19.1. The summed E-state index contributed by atoms with van der Waals surface area (Å²) < 4.78 is 14.8. The zero-order valence-electron chi connectivity index (χ0n) is 13.7. The molecule has 2 aromatic rings. The summed E-state index contributed by atoms with van der Waals surface area (Å²) in [6.07, 6.45) is 3.49. The molecule has 124 valence electrons. The Morgan fingerprint density at radius 2 is 1.91 bits per heavy atom. The molecule has 1 aliphatic heterocycles. The molecule has 1 unspecified atom stereocenters. The van der Waals surface area contributed by atoms with Crippen LogP contribution in [0.4, 0.5) is 4.39 Å². The van der Waals surface area contributed by atoms with Crippen LogP contribution < -0.4 is 0 Å². The second-order valence-corrected chi connectivity index (χ2v) is 6.52. The number of aryl methyl sites for hydroxylation is 2. The molecule has 0 radical (unpaired) electrons. The number of hydrogen-bond donors (Lipinski definition) is 1. The molecule has 4 nitrogen and oxygen atoms in total. The summed E-state index contributed by atoms with van der Waals surface area (Å²) in [4.78, 5) is 2.41. The van der Waals surface area contributed by atoms with Crippen LogP contribution in [0.2, 0.25) is 0 Å². The van der Waals surface area contributed by atoms with Crippen LogP contribution in [0.5, 0.6) is 0 Å². The number of nitrogens with zero attached hydrogens (tertiary/aromatic N) is 3. The molecule has 1 atom stereocenters. The van der Waals surface area contributed by atoms with Crippen molar-refractivity contribution in [1.29, 1.82) is 0 Å². The van der Waals surface area contributed by atoms with E-state index in [2.05, 4.69) is 16.2 Å². The Bertz CT molecular complexity index is 645. The van der Waals surface area contributed by atoms with Crippen LogP contribution in [0.3, 0.4) is 0 Å². The highest BCUT2D eigenvalue weighted by molar-refractivity contribution is 5.19. The maximum absolute atomic E-state index is 13.0.